The van der Waals surface area contributed by atoms with Crippen LogP contribution in [0.25, 0.3) is 16.9 Å². The normalized spacial score (nSPS) is 13.5. The molecule has 1 fully saturated rings. The maximum atomic E-state index is 14.3. The Morgan fingerprint density at radius 2 is 1.88 bits per heavy atom. The molecule has 164 valence electrons. The Hall–Kier alpha value is -3.82. The number of hydrogen-bond donors (Lipinski definition) is 1. The van der Waals surface area contributed by atoms with E-state index in [4.69, 9.17) is 4.74 Å². The number of ether oxygens (including phenoxy) is 1. The van der Waals surface area contributed by atoms with Crippen LogP contribution >= 0.6 is 0 Å². The molecule has 5 rings (SSSR count). The van der Waals surface area contributed by atoms with Crippen LogP contribution in [0.5, 0.6) is 5.75 Å². The van der Waals surface area contributed by atoms with Gasteiger partial charge in [-0.1, -0.05) is 6.07 Å². The van der Waals surface area contributed by atoms with E-state index in [1.165, 1.54) is 46.7 Å². The minimum atomic E-state index is -0.769. The molecule has 0 amide bonds. The summed E-state index contributed by atoms with van der Waals surface area (Å²) in [5, 5.41) is 3.16. The lowest BCUT2D eigenvalue weighted by molar-refractivity contribution is 0.386. The summed E-state index contributed by atoms with van der Waals surface area (Å²) < 4.78 is 50.0. The van der Waals surface area contributed by atoms with Crippen molar-refractivity contribution in [2.24, 2.45) is 0 Å². The standard InChI is InChI=1S/C22H18F3N5O2/c1-32-19-9-13(7-8-17(19)25)30-20-18(10-26-21(28-20)27-12-5-6-12)29(22(30)31)11-14-15(23)3-2-4-16(14)24/h2-4,7-10,12H,5-6,11H2,1H3,(H,26,27,28). The lowest BCUT2D eigenvalue weighted by atomic mass is 10.2. The van der Waals surface area contributed by atoms with Crippen molar-refractivity contribution in [1.29, 1.82) is 0 Å². The average molecular weight is 441 g/mol. The van der Waals surface area contributed by atoms with Crippen molar-refractivity contribution in [1.82, 2.24) is 19.1 Å². The molecule has 2 aromatic heterocycles. The predicted octanol–water partition coefficient (Wildman–Crippen LogP) is 3.63. The minimum absolute atomic E-state index is 0.0548. The second kappa shape index (κ2) is 7.70. The average Bonchev–Trinajstić information content (AvgIpc) is 3.55. The summed E-state index contributed by atoms with van der Waals surface area (Å²) in [6, 6.07) is 7.72. The van der Waals surface area contributed by atoms with Crippen LogP contribution < -0.4 is 15.7 Å². The van der Waals surface area contributed by atoms with E-state index in [-0.39, 0.29) is 35.1 Å². The zero-order valence-electron chi connectivity index (χ0n) is 17.0. The number of anilines is 1. The van der Waals surface area contributed by atoms with Crippen LogP contribution in [-0.2, 0) is 6.54 Å². The monoisotopic (exact) mass is 441 g/mol. The van der Waals surface area contributed by atoms with Gasteiger partial charge in [-0.05, 0) is 37.1 Å². The molecule has 7 nitrogen and oxygen atoms in total. The van der Waals surface area contributed by atoms with Crippen molar-refractivity contribution in [3.8, 4) is 11.4 Å². The number of hydrogen-bond acceptors (Lipinski definition) is 5. The summed E-state index contributed by atoms with van der Waals surface area (Å²) in [6.07, 6.45) is 3.43. The molecule has 0 spiro atoms. The first-order valence-corrected chi connectivity index (χ1v) is 9.98. The number of nitrogens with zero attached hydrogens (tertiary/aromatic N) is 4. The highest BCUT2D eigenvalue weighted by Crippen LogP contribution is 2.26. The van der Waals surface area contributed by atoms with Gasteiger partial charge in [0, 0.05) is 17.7 Å². The van der Waals surface area contributed by atoms with Gasteiger partial charge in [0.15, 0.2) is 17.2 Å². The molecule has 1 aliphatic carbocycles. The third kappa shape index (κ3) is 3.47. The molecule has 32 heavy (non-hydrogen) atoms. The van der Waals surface area contributed by atoms with Crippen molar-refractivity contribution < 1.29 is 17.9 Å². The van der Waals surface area contributed by atoms with Crippen LogP contribution in [0.3, 0.4) is 0 Å². The van der Waals surface area contributed by atoms with Gasteiger partial charge in [0.25, 0.3) is 0 Å². The van der Waals surface area contributed by atoms with E-state index in [1.54, 1.807) is 0 Å². The van der Waals surface area contributed by atoms with E-state index in [0.29, 0.717) is 11.6 Å². The molecule has 0 saturated heterocycles. The fourth-order valence-corrected chi connectivity index (χ4v) is 3.53. The highest BCUT2D eigenvalue weighted by molar-refractivity contribution is 5.74. The second-order valence-electron chi connectivity index (χ2n) is 7.54. The van der Waals surface area contributed by atoms with Crippen LogP contribution in [0.1, 0.15) is 18.4 Å². The smallest absolute Gasteiger partial charge is 0.335 e. The van der Waals surface area contributed by atoms with E-state index in [9.17, 15) is 18.0 Å². The Bertz CT molecular complexity index is 1370. The highest BCUT2D eigenvalue weighted by atomic mass is 19.1. The summed E-state index contributed by atoms with van der Waals surface area (Å²) in [5.74, 6) is -1.85. The fourth-order valence-electron chi connectivity index (χ4n) is 3.53. The van der Waals surface area contributed by atoms with E-state index in [0.717, 1.165) is 25.0 Å². The van der Waals surface area contributed by atoms with Crippen molar-refractivity contribution >= 4 is 17.1 Å². The first-order valence-electron chi connectivity index (χ1n) is 9.98. The summed E-state index contributed by atoms with van der Waals surface area (Å²) in [6.45, 7) is -0.363. The minimum Gasteiger partial charge on any atom is -0.494 e. The van der Waals surface area contributed by atoms with E-state index in [2.05, 4.69) is 15.3 Å². The van der Waals surface area contributed by atoms with Crippen molar-refractivity contribution in [2.45, 2.75) is 25.4 Å². The van der Waals surface area contributed by atoms with Gasteiger partial charge in [-0.15, -0.1) is 0 Å². The molecule has 1 aliphatic rings. The lowest BCUT2D eigenvalue weighted by Crippen LogP contribution is -2.24. The largest absolute Gasteiger partial charge is 0.494 e. The Labute approximate surface area is 180 Å². The summed E-state index contributed by atoms with van der Waals surface area (Å²) in [7, 11) is 1.31. The van der Waals surface area contributed by atoms with Gasteiger partial charge in [0.05, 0.1) is 25.5 Å². The zero-order chi connectivity index (χ0) is 22.4. The Kier molecular flexibility index (Phi) is 4.84. The molecule has 0 radical (unpaired) electrons. The first-order chi connectivity index (χ1) is 15.5. The Morgan fingerprint density at radius 1 is 1.12 bits per heavy atom. The van der Waals surface area contributed by atoms with Crippen LogP contribution in [-0.4, -0.2) is 32.3 Å². The summed E-state index contributed by atoms with van der Waals surface area (Å²) in [4.78, 5) is 22.1. The summed E-state index contributed by atoms with van der Waals surface area (Å²) >= 11 is 0. The molecule has 2 heterocycles. The lowest BCUT2D eigenvalue weighted by Gasteiger charge is -2.07. The number of methoxy groups -OCH3 is 1. The third-order valence-corrected chi connectivity index (χ3v) is 5.36. The van der Waals surface area contributed by atoms with Gasteiger partial charge in [-0.25, -0.2) is 27.5 Å². The molecular weight excluding hydrogens is 423 g/mol. The maximum Gasteiger partial charge on any atom is 0.335 e. The number of imidazole rings is 1. The van der Waals surface area contributed by atoms with Gasteiger partial charge < -0.3 is 10.1 Å². The molecule has 0 bridgehead atoms. The Morgan fingerprint density at radius 3 is 2.56 bits per heavy atom. The van der Waals surface area contributed by atoms with Gasteiger partial charge in [0.1, 0.15) is 17.2 Å². The van der Waals surface area contributed by atoms with Crippen molar-refractivity contribution in [3.63, 3.8) is 0 Å². The second-order valence-corrected chi connectivity index (χ2v) is 7.54. The van der Waals surface area contributed by atoms with Crippen LogP contribution in [0.15, 0.2) is 47.4 Å². The van der Waals surface area contributed by atoms with E-state index >= 15 is 0 Å². The van der Waals surface area contributed by atoms with Gasteiger partial charge in [-0.2, -0.15) is 4.98 Å². The molecule has 10 heteroatoms. The number of benzene rings is 2. The maximum absolute atomic E-state index is 14.3. The first kappa shape index (κ1) is 20.1. The molecule has 0 atom stereocenters. The number of aromatic nitrogens is 4. The molecular formula is C22H18F3N5O2. The van der Waals surface area contributed by atoms with Crippen LogP contribution in [0.4, 0.5) is 19.1 Å². The van der Waals surface area contributed by atoms with Crippen molar-refractivity contribution in [2.75, 3.05) is 12.4 Å². The van der Waals surface area contributed by atoms with Gasteiger partial charge in [0.2, 0.25) is 5.95 Å². The SMILES string of the molecule is COc1cc(-n2c(=O)n(Cc3c(F)cccc3F)c3cnc(NC4CC4)nc32)ccc1F. The number of nitrogens with one attached hydrogen (secondary N) is 1. The summed E-state index contributed by atoms with van der Waals surface area (Å²) in [5.41, 5.74) is -0.0670. The van der Waals surface area contributed by atoms with Crippen molar-refractivity contribution in [3.05, 3.63) is 76.1 Å². The highest BCUT2D eigenvalue weighted by Gasteiger charge is 2.24. The van der Waals surface area contributed by atoms with Crippen LogP contribution in [0.2, 0.25) is 0 Å². The molecule has 1 saturated carbocycles. The van der Waals surface area contributed by atoms with E-state index in [1.807, 2.05) is 0 Å². The molecule has 0 unspecified atom stereocenters. The molecule has 0 aliphatic heterocycles. The van der Waals surface area contributed by atoms with Gasteiger partial charge in [-0.3, -0.25) is 4.57 Å². The molecule has 1 N–H and O–H groups in total. The fraction of sp³-hybridized carbons (Fsp3) is 0.227. The van der Waals surface area contributed by atoms with Gasteiger partial charge >= 0.3 is 5.69 Å². The third-order valence-electron chi connectivity index (χ3n) is 5.36. The quantitative estimate of drug-likeness (QED) is 0.495. The molecule has 2 aromatic carbocycles. The number of rotatable bonds is 6. The number of halogens is 3. The predicted molar refractivity (Wildman–Crippen MR) is 112 cm³/mol. The molecule has 4 aromatic rings. The zero-order valence-corrected chi connectivity index (χ0v) is 17.0. The van der Waals surface area contributed by atoms with Crippen LogP contribution in [0, 0.1) is 17.5 Å². The topological polar surface area (TPSA) is 74.0 Å². The van der Waals surface area contributed by atoms with E-state index < -0.39 is 23.1 Å². The Balaban J connectivity index is 1.72. The number of fused-ring (bicyclic) bond motifs is 1.